The van der Waals surface area contributed by atoms with Gasteiger partial charge in [-0.1, -0.05) is 0 Å². The van der Waals surface area contributed by atoms with Crippen molar-refractivity contribution < 1.29 is 19.4 Å². The van der Waals surface area contributed by atoms with Crippen LogP contribution in [0.25, 0.3) is 0 Å². The van der Waals surface area contributed by atoms with Crippen molar-refractivity contribution in [2.24, 2.45) is 0 Å². The van der Waals surface area contributed by atoms with Crippen molar-refractivity contribution in [2.75, 3.05) is 7.11 Å². The van der Waals surface area contributed by atoms with Crippen molar-refractivity contribution in [2.45, 2.75) is 0 Å². The number of ether oxygens (including phenoxy) is 2. The number of thiophene rings is 1. The molecule has 0 radical (unpaired) electrons. The van der Waals surface area contributed by atoms with E-state index in [-0.39, 0.29) is 4.88 Å². The Kier molecular flexibility index (Phi) is 4.49. The fourth-order valence-corrected chi connectivity index (χ4v) is 2.89. The molecule has 4 nitrogen and oxygen atoms in total. The molecule has 1 aromatic heterocycles. The summed E-state index contributed by atoms with van der Waals surface area (Å²) in [6.45, 7) is 0. The first kappa shape index (κ1) is 14.4. The summed E-state index contributed by atoms with van der Waals surface area (Å²) in [5, 5.41) is 10.5. The molecule has 0 aliphatic carbocycles. The molecular formula is C12H8Br2O4S. The van der Waals surface area contributed by atoms with Crippen molar-refractivity contribution >= 4 is 49.2 Å². The Bertz CT molecular complexity index is 624. The molecule has 0 spiro atoms. The Morgan fingerprint density at radius 1 is 1.21 bits per heavy atom. The standard InChI is InChI=1S/C12H8Br2O4S/c1-17-9-3-8(14)10(4-7(9)13)18-6-2-11(12(15)16)19-5-6/h2-5H,1H3,(H,15,16). The summed E-state index contributed by atoms with van der Waals surface area (Å²) < 4.78 is 12.3. The summed E-state index contributed by atoms with van der Waals surface area (Å²) in [4.78, 5) is 11.0. The van der Waals surface area contributed by atoms with Crippen LogP contribution in [0.2, 0.25) is 0 Å². The van der Waals surface area contributed by atoms with Gasteiger partial charge in [-0.25, -0.2) is 4.79 Å². The molecular weight excluding hydrogens is 400 g/mol. The summed E-state index contributed by atoms with van der Waals surface area (Å²) in [6, 6.07) is 5.00. The minimum atomic E-state index is -0.963. The monoisotopic (exact) mass is 406 g/mol. The number of carboxylic acids is 1. The molecule has 0 atom stereocenters. The third-order valence-electron chi connectivity index (χ3n) is 2.22. The summed E-state index contributed by atoms with van der Waals surface area (Å²) in [6.07, 6.45) is 0. The van der Waals surface area contributed by atoms with Crippen molar-refractivity contribution in [3.05, 3.63) is 37.4 Å². The number of halogens is 2. The van der Waals surface area contributed by atoms with E-state index in [9.17, 15) is 4.79 Å². The van der Waals surface area contributed by atoms with Crippen LogP contribution in [-0.4, -0.2) is 18.2 Å². The van der Waals surface area contributed by atoms with Crippen LogP contribution in [0.15, 0.2) is 32.5 Å². The third-order valence-corrected chi connectivity index (χ3v) is 4.36. The molecule has 1 aromatic carbocycles. The van der Waals surface area contributed by atoms with Crippen molar-refractivity contribution in [3.8, 4) is 17.2 Å². The first-order chi connectivity index (χ1) is 9.01. The van der Waals surface area contributed by atoms with Gasteiger partial charge in [0.1, 0.15) is 22.1 Å². The van der Waals surface area contributed by atoms with Crippen LogP contribution in [0.1, 0.15) is 9.67 Å². The number of hydrogen-bond acceptors (Lipinski definition) is 4. The lowest BCUT2D eigenvalue weighted by atomic mass is 10.3. The van der Waals surface area contributed by atoms with E-state index < -0.39 is 5.97 Å². The fourth-order valence-electron chi connectivity index (χ4n) is 1.36. The molecule has 2 aromatic rings. The predicted octanol–water partition coefficient (Wildman–Crippen LogP) is 4.77. The maximum absolute atomic E-state index is 10.8. The van der Waals surface area contributed by atoms with E-state index >= 15 is 0 Å². The van der Waals surface area contributed by atoms with Gasteiger partial charge in [0.25, 0.3) is 0 Å². The Hall–Kier alpha value is -1.05. The largest absolute Gasteiger partial charge is 0.496 e. The molecule has 7 heteroatoms. The summed E-state index contributed by atoms with van der Waals surface area (Å²) in [5.74, 6) is 0.771. The van der Waals surface area contributed by atoms with E-state index in [1.807, 2.05) is 0 Å². The topological polar surface area (TPSA) is 55.8 Å². The zero-order valence-electron chi connectivity index (χ0n) is 9.65. The number of hydrogen-bond donors (Lipinski definition) is 1. The lowest BCUT2D eigenvalue weighted by Crippen LogP contribution is -1.91. The van der Waals surface area contributed by atoms with E-state index in [1.54, 1.807) is 24.6 Å². The number of carbonyl (C=O) groups is 1. The maximum atomic E-state index is 10.8. The SMILES string of the molecule is COc1cc(Br)c(Oc2csc(C(=O)O)c2)cc1Br. The van der Waals surface area contributed by atoms with Crippen LogP contribution >= 0.6 is 43.2 Å². The summed E-state index contributed by atoms with van der Waals surface area (Å²) >= 11 is 7.86. The second-order valence-corrected chi connectivity index (χ2v) is 6.09. The molecule has 0 saturated heterocycles. The highest BCUT2D eigenvalue weighted by Crippen LogP contribution is 2.38. The molecule has 0 fully saturated rings. The van der Waals surface area contributed by atoms with E-state index in [1.165, 1.54) is 6.07 Å². The van der Waals surface area contributed by atoms with Gasteiger partial charge in [0.05, 0.1) is 16.1 Å². The van der Waals surface area contributed by atoms with Crippen molar-refractivity contribution in [1.82, 2.24) is 0 Å². The summed E-state index contributed by atoms with van der Waals surface area (Å²) in [7, 11) is 1.57. The minimum Gasteiger partial charge on any atom is -0.496 e. The minimum absolute atomic E-state index is 0.235. The van der Waals surface area contributed by atoms with Crippen LogP contribution in [0, 0.1) is 0 Å². The van der Waals surface area contributed by atoms with Gasteiger partial charge in [-0.2, -0.15) is 0 Å². The fraction of sp³-hybridized carbons (Fsp3) is 0.0833. The smallest absolute Gasteiger partial charge is 0.346 e. The zero-order valence-corrected chi connectivity index (χ0v) is 13.6. The molecule has 0 unspecified atom stereocenters. The quantitative estimate of drug-likeness (QED) is 0.792. The highest BCUT2D eigenvalue weighted by Gasteiger charge is 2.12. The Balaban J connectivity index is 2.27. The molecule has 0 aliphatic heterocycles. The highest BCUT2D eigenvalue weighted by atomic mass is 79.9. The van der Waals surface area contributed by atoms with Gasteiger partial charge in [0.15, 0.2) is 0 Å². The summed E-state index contributed by atoms with van der Waals surface area (Å²) in [5.41, 5.74) is 0. The molecule has 0 saturated carbocycles. The number of aromatic carboxylic acids is 1. The van der Waals surface area contributed by atoms with Gasteiger partial charge in [-0.05, 0) is 44.0 Å². The highest BCUT2D eigenvalue weighted by molar-refractivity contribution is 9.11. The molecule has 1 heterocycles. The second-order valence-electron chi connectivity index (χ2n) is 3.47. The van der Waals surface area contributed by atoms with Gasteiger partial charge in [-0.3, -0.25) is 0 Å². The predicted molar refractivity (Wildman–Crippen MR) is 79.7 cm³/mol. The number of benzene rings is 1. The molecule has 0 bridgehead atoms. The average molecular weight is 408 g/mol. The van der Waals surface area contributed by atoms with Crippen LogP contribution in [0.3, 0.4) is 0 Å². The molecule has 0 aliphatic rings. The number of rotatable bonds is 4. The van der Waals surface area contributed by atoms with Gasteiger partial charge in [0.2, 0.25) is 0 Å². The lowest BCUT2D eigenvalue weighted by molar-refractivity contribution is 0.0702. The van der Waals surface area contributed by atoms with Crippen LogP contribution < -0.4 is 9.47 Å². The van der Waals surface area contributed by atoms with E-state index in [2.05, 4.69) is 31.9 Å². The molecule has 0 amide bonds. The van der Waals surface area contributed by atoms with Gasteiger partial charge in [0, 0.05) is 11.4 Å². The van der Waals surface area contributed by atoms with Crippen molar-refractivity contribution in [1.29, 1.82) is 0 Å². The van der Waals surface area contributed by atoms with Gasteiger partial charge in [-0.15, -0.1) is 11.3 Å². The first-order valence-corrected chi connectivity index (χ1v) is 7.50. The Morgan fingerprint density at radius 3 is 2.42 bits per heavy atom. The molecule has 1 N–H and O–H groups in total. The van der Waals surface area contributed by atoms with E-state index in [0.717, 1.165) is 20.3 Å². The zero-order chi connectivity index (χ0) is 14.0. The molecule has 100 valence electrons. The normalized spacial score (nSPS) is 10.3. The van der Waals surface area contributed by atoms with E-state index in [4.69, 9.17) is 14.6 Å². The first-order valence-electron chi connectivity index (χ1n) is 5.04. The van der Waals surface area contributed by atoms with Crippen LogP contribution in [0.4, 0.5) is 0 Å². The Morgan fingerprint density at radius 2 is 1.84 bits per heavy atom. The molecule has 19 heavy (non-hydrogen) atoms. The van der Waals surface area contributed by atoms with Crippen LogP contribution in [0.5, 0.6) is 17.2 Å². The van der Waals surface area contributed by atoms with E-state index in [0.29, 0.717) is 17.2 Å². The number of carboxylic acid groups (broad SMARTS) is 1. The van der Waals surface area contributed by atoms with Crippen LogP contribution in [-0.2, 0) is 0 Å². The lowest BCUT2D eigenvalue weighted by Gasteiger charge is -2.09. The van der Waals surface area contributed by atoms with Crippen molar-refractivity contribution in [3.63, 3.8) is 0 Å². The van der Waals surface area contributed by atoms with Gasteiger partial charge < -0.3 is 14.6 Å². The Labute approximate surface area is 130 Å². The second kappa shape index (κ2) is 5.94. The third kappa shape index (κ3) is 3.29. The number of methoxy groups -OCH3 is 1. The van der Waals surface area contributed by atoms with Gasteiger partial charge >= 0.3 is 5.97 Å². The maximum Gasteiger partial charge on any atom is 0.346 e. The molecule has 2 rings (SSSR count). The average Bonchev–Trinajstić information content (AvgIpc) is 2.82.